The average molecular weight is 152 g/mol. The molecule has 0 N–H and O–H groups in total. The van der Waals surface area contributed by atoms with Crippen molar-refractivity contribution in [2.24, 2.45) is 5.34 Å². The normalized spacial score (nSPS) is 12.7. The first kappa shape index (κ1) is 8.69. The van der Waals surface area contributed by atoms with Crippen molar-refractivity contribution in [3.8, 4) is 0 Å². The first-order chi connectivity index (χ1) is 4.31. The molecule has 0 aromatic heterocycles. The summed E-state index contributed by atoms with van der Waals surface area (Å²) in [6, 6.07) is 0. The van der Waals surface area contributed by atoms with Crippen LogP contribution < -0.4 is 0 Å². The molecule has 0 heterocycles. The summed E-state index contributed by atoms with van der Waals surface area (Å²) in [5.74, 6) is 0. The van der Waals surface area contributed by atoms with Gasteiger partial charge in [-0.2, -0.15) is 0 Å². The van der Waals surface area contributed by atoms with E-state index in [1.165, 1.54) is 0 Å². The molecule has 1 atom stereocenters. The lowest BCUT2D eigenvalue weighted by atomic mass is 10.3. The number of hydrogen-bond donors (Lipinski definition) is 0. The lowest BCUT2D eigenvalue weighted by molar-refractivity contribution is 0.104. The Morgan fingerprint density at radius 3 is 2.89 bits per heavy atom. The second kappa shape index (κ2) is 5.82. The van der Waals surface area contributed by atoms with E-state index in [0.717, 1.165) is 12.8 Å². The molecule has 0 aromatic carbocycles. The Balaban J connectivity index is 3.04. The lowest BCUT2D eigenvalue weighted by Crippen LogP contribution is -1.98. The van der Waals surface area contributed by atoms with E-state index in [1.807, 2.05) is 6.92 Å². The highest BCUT2D eigenvalue weighted by Gasteiger charge is 2.02. The van der Waals surface area contributed by atoms with E-state index >= 15 is 0 Å². The van der Waals surface area contributed by atoms with Gasteiger partial charge in [-0.15, -0.1) is 4.91 Å². The maximum Gasteiger partial charge on any atom is 0.203 e. The van der Waals surface area contributed by atoms with Gasteiger partial charge >= 0.3 is 0 Å². The minimum Gasteiger partial charge on any atom is -0.344 e. The summed E-state index contributed by atoms with van der Waals surface area (Å²) in [6.07, 6.45) is 2.69. The third-order valence-corrected chi connectivity index (χ3v) is 1.24. The molecule has 0 saturated carbocycles. The van der Waals surface area contributed by atoms with Crippen LogP contribution in [-0.2, 0) is 4.84 Å². The van der Waals surface area contributed by atoms with E-state index in [4.69, 9.17) is 11.6 Å². The Morgan fingerprint density at radius 1 is 1.78 bits per heavy atom. The summed E-state index contributed by atoms with van der Waals surface area (Å²) in [5, 5.41) is 2.21. The molecule has 0 saturated heterocycles. The smallest absolute Gasteiger partial charge is 0.203 e. The van der Waals surface area contributed by atoms with Gasteiger partial charge in [0.05, 0.1) is 0 Å². The molecule has 0 spiro atoms. The molecule has 4 heteroatoms. The van der Waals surface area contributed by atoms with Crippen molar-refractivity contribution in [1.29, 1.82) is 0 Å². The topological polar surface area (TPSA) is 38.7 Å². The zero-order chi connectivity index (χ0) is 7.11. The van der Waals surface area contributed by atoms with Gasteiger partial charge < -0.3 is 4.84 Å². The van der Waals surface area contributed by atoms with Crippen LogP contribution >= 0.6 is 11.6 Å². The van der Waals surface area contributed by atoms with Gasteiger partial charge in [0.1, 0.15) is 0 Å². The molecule has 0 bridgehead atoms. The van der Waals surface area contributed by atoms with Crippen molar-refractivity contribution in [2.75, 3.05) is 0 Å². The van der Waals surface area contributed by atoms with Crippen molar-refractivity contribution in [3.05, 3.63) is 4.91 Å². The van der Waals surface area contributed by atoms with Crippen molar-refractivity contribution in [1.82, 2.24) is 0 Å². The Bertz CT molecular complexity index is 79.4. The number of unbranched alkanes of at least 4 members (excludes halogenated alkanes) is 1. The maximum absolute atomic E-state index is 9.42. The molecular formula is C5H10ClNO2. The molecule has 3 nitrogen and oxygen atoms in total. The van der Waals surface area contributed by atoms with Crippen LogP contribution in [-0.4, -0.2) is 5.56 Å². The fourth-order valence-electron chi connectivity index (χ4n) is 0.464. The van der Waals surface area contributed by atoms with Crippen LogP contribution in [0.25, 0.3) is 0 Å². The highest BCUT2D eigenvalue weighted by Crippen LogP contribution is 2.08. The molecule has 0 aromatic rings. The molecular weight excluding hydrogens is 142 g/mol. The molecule has 9 heavy (non-hydrogen) atoms. The molecule has 0 rings (SSSR count). The second-order valence-electron chi connectivity index (χ2n) is 1.73. The van der Waals surface area contributed by atoms with Crippen molar-refractivity contribution < 1.29 is 4.84 Å². The Hall–Kier alpha value is -0.310. The fraction of sp³-hybridized carbons (Fsp3) is 1.00. The quantitative estimate of drug-likeness (QED) is 0.344. The van der Waals surface area contributed by atoms with Gasteiger partial charge in [0.25, 0.3) is 0 Å². The summed E-state index contributed by atoms with van der Waals surface area (Å²) in [7, 11) is 0. The van der Waals surface area contributed by atoms with Gasteiger partial charge in [-0.05, 0) is 6.42 Å². The molecule has 0 aliphatic carbocycles. The SMILES string of the molecule is CCCCC(Cl)ON=O. The van der Waals surface area contributed by atoms with Gasteiger partial charge in [0.15, 0.2) is 5.34 Å². The molecule has 54 valence electrons. The Kier molecular flexibility index (Phi) is 5.62. The van der Waals surface area contributed by atoms with Crippen molar-refractivity contribution in [3.63, 3.8) is 0 Å². The van der Waals surface area contributed by atoms with E-state index in [9.17, 15) is 4.91 Å². The third kappa shape index (κ3) is 5.56. The largest absolute Gasteiger partial charge is 0.344 e. The summed E-state index contributed by atoms with van der Waals surface area (Å²) in [5.41, 5.74) is -0.539. The Labute approximate surface area is 59.3 Å². The van der Waals surface area contributed by atoms with Crippen LogP contribution in [0.2, 0.25) is 0 Å². The number of hydrogen-bond acceptors (Lipinski definition) is 3. The predicted molar refractivity (Wildman–Crippen MR) is 36.0 cm³/mol. The minimum atomic E-state index is -0.539. The fourth-order valence-corrected chi connectivity index (χ4v) is 0.651. The molecule has 0 aliphatic heterocycles. The third-order valence-electron chi connectivity index (χ3n) is 0.942. The molecule has 0 fully saturated rings. The summed E-state index contributed by atoms with van der Waals surface area (Å²) in [4.78, 5) is 13.6. The molecule has 1 unspecified atom stereocenters. The van der Waals surface area contributed by atoms with Crippen LogP contribution in [0.3, 0.4) is 0 Å². The van der Waals surface area contributed by atoms with Gasteiger partial charge in [-0.25, -0.2) is 0 Å². The maximum atomic E-state index is 9.42. The first-order valence-corrected chi connectivity index (χ1v) is 3.37. The van der Waals surface area contributed by atoms with Gasteiger partial charge in [-0.1, -0.05) is 24.9 Å². The number of rotatable bonds is 5. The zero-order valence-corrected chi connectivity index (χ0v) is 6.10. The number of nitrogens with zero attached hydrogens (tertiary/aromatic N) is 1. The van der Waals surface area contributed by atoms with Crippen LogP contribution in [0.4, 0.5) is 0 Å². The standard InChI is InChI=1S/C5H10ClNO2/c1-2-3-4-5(6)9-7-8/h5H,2-4H2,1H3. The van der Waals surface area contributed by atoms with Crippen molar-refractivity contribution >= 4 is 11.6 Å². The highest BCUT2D eigenvalue weighted by atomic mass is 35.5. The van der Waals surface area contributed by atoms with E-state index < -0.39 is 5.56 Å². The number of alkyl halides is 1. The van der Waals surface area contributed by atoms with E-state index in [-0.39, 0.29) is 0 Å². The highest BCUT2D eigenvalue weighted by molar-refractivity contribution is 6.19. The van der Waals surface area contributed by atoms with E-state index in [2.05, 4.69) is 10.2 Å². The monoisotopic (exact) mass is 151 g/mol. The van der Waals surface area contributed by atoms with Crippen LogP contribution in [0, 0.1) is 4.91 Å². The summed E-state index contributed by atoms with van der Waals surface area (Å²) < 4.78 is 0. The van der Waals surface area contributed by atoms with Gasteiger partial charge in [-0.3, -0.25) is 0 Å². The van der Waals surface area contributed by atoms with Crippen LogP contribution in [0.15, 0.2) is 5.34 Å². The van der Waals surface area contributed by atoms with Crippen LogP contribution in [0.5, 0.6) is 0 Å². The molecule has 0 aliphatic rings. The zero-order valence-electron chi connectivity index (χ0n) is 5.34. The average Bonchev–Trinajstić information content (AvgIpc) is 1.85. The molecule has 0 radical (unpaired) electrons. The Morgan fingerprint density at radius 2 is 2.44 bits per heavy atom. The first-order valence-electron chi connectivity index (χ1n) is 2.93. The second-order valence-corrected chi connectivity index (χ2v) is 2.22. The molecule has 0 amide bonds. The predicted octanol–water partition coefficient (Wildman–Crippen LogP) is 2.44. The summed E-state index contributed by atoms with van der Waals surface area (Å²) in [6.45, 7) is 2.04. The van der Waals surface area contributed by atoms with E-state index in [0.29, 0.717) is 6.42 Å². The van der Waals surface area contributed by atoms with Crippen molar-refractivity contribution in [2.45, 2.75) is 31.7 Å². The summed E-state index contributed by atoms with van der Waals surface area (Å²) >= 11 is 5.44. The lowest BCUT2D eigenvalue weighted by Gasteiger charge is -2.01. The van der Waals surface area contributed by atoms with E-state index in [1.54, 1.807) is 0 Å². The van der Waals surface area contributed by atoms with Crippen LogP contribution in [0.1, 0.15) is 26.2 Å². The van der Waals surface area contributed by atoms with Gasteiger partial charge in [0, 0.05) is 6.42 Å². The van der Waals surface area contributed by atoms with Gasteiger partial charge in [0.2, 0.25) is 5.56 Å². The number of halogens is 1. The minimum absolute atomic E-state index is 0.539.